The highest BCUT2D eigenvalue weighted by Crippen LogP contribution is 2.41. The smallest absolute Gasteiger partial charge is 0.281 e. The summed E-state index contributed by atoms with van der Waals surface area (Å²) in [7, 11) is -3.30. The van der Waals surface area contributed by atoms with Crippen molar-refractivity contribution >= 4 is 30.7 Å². The highest BCUT2D eigenvalue weighted by Gasteiger charge is 2.30. The fourth-order valence-electron chi connectivity index (χ4n) is 3.21. The summed E-state index contributed by atoms with van der Waals surface area (Å²) in [4.78, 5) is 47.0. The van der Waals surface area contributed by atoms with Gasteiger partial charge in [0.25, 0.3) is 7.59 Å². The summed E-state index contributed by atoms with van der Waals surface area (Å²) >= 11 is 0. The van der Waals surface area contributed by atoms with Gasteiger partial charge < -0.3 is 0 Å². The summed E-state index contributed by atoms with van der Waals surface area (Å²) in [5.41, 5.74) is 0. The third-order valence-corrected chi connectivity index (χ3v) is 7.64. The maximum absolute atomic E-state index is 13.9. The standard InChI is InChI=1S/C23H44N3O5P/c1-5-10-22(29)12-8-16-24-32(31,25-17-9-13-23(30)11-6-2)26(18-14-20(4)27)19-15-21(28)7-3/h5-19H2,1-4H3,(H2,24,25,31). The van der Waals surface area contributed by atoms with E-state index in [0.717, 1.165) is 12.8 Å². The van der Waals surface area contributed by atoms with Gasteiger partial charge in [0.05, 0.1) is 0 Å². The molecule has 8 nitrogen and oxygen atoms in total. The Bertz CT molecular complexity index is 609. The second-order valence-corrected chi connectivity index (χ2v) is 10.6. The average molecular weight is 474 g/mol. The lowest BCUT2D eigenvalue weighted by atomic mass is 10.1. The van der Waals surface area contributed by atoms with Crippen LogP contribution in [0.4, 0.5) is 0 Å². The zero-order chi connectivity index (χ0) is 24.4. The molecule has 0 spiro atoms. The molecule has 0 aromatic carbocycles. The van der Waals surface area contributed by atoms with Crippen LogP contribution in [0, 0.1) is 0 Å². The molecule has 9 heteroatoms. The first-order valence-electron chi connectivity index (χ1n) is 12.1. The van der Waals surface area contributed by atoms with Crippen molar-refractivity contribution in [3.8, 4) is 0 Å². The molecule has 0 unspecified atom stereocenters. The number of nitrogens with zero attached hydrogens (tertiary/aromatic N) is 1. The van der Waals surface area contributed by atoms with E-state index in [1.165, 1.54) is 6.92 Å². The second kappa shape index (κ2) is 18.2. The third-order valence-electron chi connectivity index (χ3n) is 5.14. The van der Waals surface area contributed by atoms with Gasteiger partial charge in [-0.25, -0.2) is 14.8 Å². The number of Topliss-reactive ketones (excluding diaryl/α,β-unsaturated/α-hetero) is 4. The molecule has 0 fully saturated rings. The zero-order valence-corrected chi connectivity index (χ0v) is 21.4. The third kappa shape index (κ3) is 14.8. The van der Waals surface area contributed by atoms with Gasteiger partial charge >= 0.3 is 0 Å². The van der Waals surface area contributed by atoms with Crippen LogP contribution in [0.3, 0.4) is 0 Å². The van der Waals surface area contributed by atoms with E-state index in [2.05, 4.69) is 10.2 Å². The number of hydrogen-bond acceptors (Lipinski definition) is 5. The minimum atomic E-state index is -3.30. The Morgan fingerprint density at radius 2 is 1.16 bits per heavy atom. The van der Waals surface area contributed by atoms with Gasteiger partial charge in [0.1, 0.15) is 23.1 Å². The SMILES string of the molecule is CCCC(=O)CCCNP(=O)(NCCCC(=O)CCC)N(CCC(C)=O)CCC(=O)CC. The summed E-state index contributed by atoms with van der Waals surface area (Å²) in [6.07, 6.45) is 5.59. The minimum Gasteiger partial charge on any atom is -0.300 e. The summed E-state index contributed by atoms with van der Waals surface area (Å²) in [6, 6.07) is 0. The van der Waals surface area contributed by atoms with E-state index >= 15 is 0 Å². The van der Waals surface area contributed by atoms with Crippen LogP contribution in [-0.2, 0) is 23.7 Å². The number of hydrogen-bond donors (Lipinski definition) is 2. The Morgan fingerprint density at radius 1 is 0.688 bits per heavy atom. The normalized spacial score (nSPS) is 11.7. The van der Waals surface area contributed by atoms with Crippen LogP contribution in [0.15, 0.2) is 0 Å². The van der Waals surface area contributed by atoms with Crippen molar-refractivity contribution in [2.45, 2.75) is 98.3 Å². The first kappa shape index (κ1) is 30.8. The minimum absolute atomic E-state index is 0.0151. The van der Waals surface area contributed by atoms with Crippen LogP contribution in [-0.4, -0.2) is 54.0 Å². The number of carbonyl (C=O) groups is 4. The summed E-state index contributed by atoms with van der Waals surface area (Å²) in [6.45, 7) is 8.51. The first-order chi connectivity index (χ1) is 15.2. The molecule has 0 bridgehead atoms. The molecule has 0 atom stereocenters. The lowest BCUT2D eigenvalue weighted by Gasteiger charge is -2.32. The molecule has 0 aromatic heterocycles. The van der Waals surface area contributed by atoms with Gasteiger partial charge in [-0.05, 0) is 32.6 Å². The topological polar surface area (TPSA) is 113 Å². The van der Waals surface area contributed by atoms with Gasteiger partial charge in [0, 0.05) is 71.1 Å². The van der Waals surface area contributed by atoms with Gasteiger partial charge in [0.2, 0.25) is 0 Å². The zero-order valence-electron chi connectivity index (χ0n) is 20.5. The largest absolute Gasteiger partial charge is 0.300 e. The molecule has 32 heavy (non-hydrogen) atoms. The number of carbonyl (C=O) groups excluding carboxylic acids is 4. The fraction of sp³-hybridized carbons (Fsp3) is 0.826. The Morgan fingerprint density at radius 3 is 1.56 bits per heavy atom. The van der Waals surface area contributed by atoms with E-state index in [4.69, 9.17) is 0 Å². The second-order valence-electron chi connectivity index (χ2n) is 8.22. The van der Waals surface area contributed by atoms with E-state index in [9.17, 15) is 23.7 Å². The molecule has 0 saturated heterocycles. The lowest BCUT2D eigenvalue weighted by molar-refractivity contribution is -0.120. The van der Waals surface area contributed by atoms with Crippen LogP contribution in [0.2, 0.25) is 0 Å². The molecule has 0 aromatic rings. The number of rotatable bonds is 22. The van der Waals surface area contributed by atoms with Crippen LogP contribution in [0.5, 0.6) is 0 Å². The summed E-state index contributed by atoms with van der Waals surface area (Å²) in [5, 5.41) is 6.17. The molecular formula is C23H44N3O5P. The molecule has 2 N–H and O–H groups in total. The predicted octanol–water partition coefficient (Wildman–Crippen LogP) is 4.22. The molecule has 0 heterocycles. The number of nitrogens with one attached hydrogen (secondary N) is 2. The quantitative estimate of drug-likeness (QED) is 0.177. The molecule has 0 amide bonds. The van der Waals surface area contributed by atoms with Crippen molar-refractivity contribution in [3.05, 3.63) is 0 Å². The van der Waals surface area contributed by atoms with Gasteiger partial charge in [-0.3, -0.25) is 23.7 Å². The van der Waals surface area contributed by atoms with Gasteiger partial charge in [-0.1, -0.05) is 20.8 Å². The van der Waals surface area contributed by atoms with E-state index in [1.807, 2.05) is 13.8 Å². The Kier molecular flexibility index (Phi) is 17.6. The van der Waals surface area contributed by atoms with Gasteiger partial charge in [0.15, 0.2) is 0 Å². The summed E-state index contributed by atoms with van der Waals surface area (Å²) in [5.74, 6) is 0.431. The van der Waals surface area contributed by atoms with E-state index in [-0.39, 0.29) is 49.1 Å². The Labute approximate surface area is 194 Å². The molecule has 0 aliphatic carbocycles. The van der Waals surface area contributed by atoms with Crippen molar-refractivity contribution in [2.24, 2.45) is 0 Å². The lowest BCUT2D eigenvalue weighted by Crippen LogP contribution is -2.39. The molecule has 0 aliphatic rings. The van der Waals surface area contributed by atoms with Crippen molar-refractivity contribution in [1.29, 1.82) is 0 Å². The number of ketones is 4. The average Bonchev–Trinajstić information content (AvgIpc) is 2.74. The van der Waals surface area contributed by atoms with Crippen LogP contribution >= 0.6 is 7.59 Å². The van der Waals surface area contributed by atoms with Crippen molar-refractivity contribution < 1.29 is 23.7 Å². The van der Waals surface area contributed by atoms with Gasteiger partial charge in [-0.15, -0.1) is 0 Å². The fourth-order valence-corrected chi connectivity index (χ4v) is 5.40. The van der Waals surface area contributed by atoms with Crippen LogP contribution in [0.25, 0.3) is 0 Å². The maximum Gasteiger partial charge on any atom is 0.281 e. The Balaban J connectivity index is 5.18. The molecule has 0 aliphatic heterocycles. The summed E-state index contributed by atoms with van der Waals surface area (Å²) < 4.78 is 15.5. The van der Waals surface area contributed by atoms with Crippen molar-refractivity contribution in [1.82, 2.24) is 14.8 Å². The van der Waals surface area contributed by atoms with Crippen molar-refractivity contribution in [2.75, 3.05) is 26.2 Å². The molecule has 0 saturated carbocycles. The van der Waals surface area contributed by atoms with Gasteiger partial charge in [-0.2, -0.15) is 0 Å². The molecule has 0 radical (unpaired) electrons. The molecular weight excluding hydrogens is 429 g/mol. The highest BCUT2D eigenvalue weighted by atomic mass is 31.2. The van der Waals surface area contributed by atoms with E-state index < -0.39 is 7.59 Å². The van der Waals surface area contributed by atoms with Crippen LogP contribution < -0.4 is 10.2 Å². The Hall–Kier alpha value is -1.21. The van der Waals surface area contributed by atoms with Crippen molar-refractivity contribution in [3.63, 3.8) is 0 Å². The molecule has 0 rings (SSSR count). The van der Waals surface area contributed by atoms with E-state index in [1.54, 1.807) is 11.6 Å². The predicted molar refractivity (Wildman–Crippen MR) is 129 cm³/mol. The van der Waals surface area contributed by atoms with Crippen LogP contribution in [0.1, 0.15) is 98.3 Å². The van der Waals surface area contributed by atoms with E-state index in [0.29, 0.717) is 58.0 Å². The highest BCUT2D eigenvalue weighted by molar-refractivity contribution is 7.57. The first-order valence-corrected chi connectivity index (χ1v) is 13.7. The molecule has 186 valence electrons. The maximum atomic E-state index is 13.9. The monoisotopic (exact) mass is 473 g/mol.